The minimum Gasteiger partial charge on any atom is -0.285 e. The van der Waals surface area contributed by atoms with E-state index in [0.717, 1.165) is 25.7 Å². The molecule has 1 N–H and O–H groups in total. The van der Waals surface area contributed by atoms with E-state index >= 15 is 0 Å². The van der Waals surface area contributed by atoms with Crippen molar-refractivity contribution in [1.82, 2.24) is 0 Å². The third-order valence-corrected chi connectivity index (χ3v) is 5.79. The molecule has 0 bridgehead atoms. The molecule has 0 aromatic carbocycles. The maximum Gasteiger partial charge on any atom is 0.267 e. The van der Waals surface area contributed by atoms with Crippen LogP contribution >= 0.6 is 0 Å². The molecule has 4 heteroatoms. The van der Waals surface area contributed by atoms with Gasteiger partial charge in [-0.15, -0.1) is 0 Å². The highest BCUT2D eigenvalue weighted by Gasteiger charge is 2.31. The number of hydrogen-bond acceptors (Lipinski definition) is 2. The van der Waals surface area contributed by atoms with Crippen molar-refractivity contribution in [1.29, 1.82) is 0 Å². The Morgan fingerprint density at radius 1 is 0.882 bits per heavy atom. The topological polar surface area (TPSA) is 54.4 Å². The molecule has 2 rings (SSSR count). The Morgan fingerprint density at radius 2 is 1.24 bits per heavy atom. The SMILES string of the molecule is O=S(=O)(O)C(CC1CCCC1)CC1CCCC1. The van der Waals surface area contributed by atoms with E-state index in [9.17, 15) is 13.0 Å². The van der Waals surface area contributed by atoms with Crippen molar-refractivity contribution in [2.75, 3.05) is 0 Å². The average molecular weight is 260 g/mol. The van der Waals surface area contributed by atoms with Gasteiger partial charge < -0.3 is 0 Å². The highest BCUT2D eigenvalue weighted by molar-refractivity contribution is 7.86. The second-order valence-corrected chi connectivity index (χ2v) is 7.61. The normalized spacial score (nSPS) is 23.9. The first-order valence-corrected chi connectivity index (χ1v) is 8.52. The molecule has 0 radical (unpaired) electrons. The van der Waals surface area contributed by atoms with Crippen LogP contribution in [0.4, 0.5) is 0 Å². The van der Waals surface area contributed by atoms with Crippen LogP contribution in [-0.4, -0.2) is 18.2 Å². The van der Waals surface area contributed by atoms with Gasteiger partial charge >= 0.3 is 0 Å². The van der Waals surface area contributed by atoms with E-state index in [1.165, 1.54) is 25.7 Å². The molecular weight excluding hydrogens is 236 g/mol. The summed E-state index contributed by atoms with van der Waals surface area (Å²) in [5.74, 6) is 1.06. The van der Waals surface area contributed by atoms with Crippen LogP contribution in [0.15, 0.2) is 0 Å². The molecule has 0 aliphatic heterocycles. The lowest BCUT2D eigenvalue weighted by Crippen LogP contribution is -2.25. The summed E-state index contributed by atoms with van der Waals surface area (Å²) in [4.78, 5) is 0. The van der Waals surface area contributed by atoms with Crippen LogP contribution in [0.25, 0.3) is 0 Å². The fourth-order valence-electron chi connectivity index (χ4n) is 3.58. The van der Waals surface area contributed by atoms with E-state index < -0.39 is 15.4 Å². The van der Waals surface area contributed by atoms with Crippen LogP contribution in [0.1, 0.15) is 64.2 Å². The molecule has 0 aromatic heterocycles. The third-order valence-electron chi connectivity index (χ3n) is 4.56. The summed E-state index contributed by atoms with van der Waals surface area (Å²) in [6.07, 6.45) is 10.9. The van der Waals surface area contributed by atoms with Gasteiger partial charge in [0.2, 0.25) is 0 Å². The van der Waals surface area contributed by atoms with Gasteiger partial charge in [0.15, 0.2) is 0 Å². The predicted molar refractivity (Wildman–Crippen MR) is 68.5 cm³/mol. The number of rotatable bonds is 5. The summed E-state index contributed by atoms with van der Waals surface area (Å²) in [6.45, 7) is 0. The van der Waals surface area contributed by atoms with Crippen molar-refractivity contribution in [3.63, 3.8) is 0 Å². The molecule has 17 heavy (non-hydrogen) atoms. The van der Waals surface area contributed by atoms with Crippen molar-refractivity contribution < 1.29 is 13.0 Å². The zero-order valence-corrected chi connectivity index (χ0v) is 11.3. The van der Waals surface area contributed by atoms with E-state index in [4.69, 9.17) is 0 Å². The van der Waals surface area contributed by atoms with Gasteiger partial charge in [-0.3, -0.25) is 4.55 Å². The zero-order valence-electron chi connectivity index (χ0n) is 10.5. The van der Waals surface area contributed by atoms with Crippen molar-refractivity contribution in [2.45, 2.75) is 69.5 Å². The van der Waals surface area contributed by atoms with E-state index in [2.05, 4.69) is 0 Å². The van der Waals surface area contributed by atoms with E-state index in [-0.39, 0.29) is 0 Å². The standard InChI is InChI=1S/C13H24O3S/c14-17(15,16)13(9-11-5-1-2-6-11)10-12-7-3-4-8-12/h11-13H,1-10H2,(H,14,15,16). The maximum atomic E-state index is 11.5. The molecule has 2 saturated carbocycles. The number of hydrogen-bond donors (Lipinski definition) is 1. The van der Waals surface area contributed by atoms with Gasteiger partial charge in [-0.1, -0.05) is 51.4 Å². The summed E-state index contributed by atoms with van der Waals surface area (Å²) in [5, 5.41) is -0.492. The Bertz CT molecular complexity index is 307. The lowest BCUT2D eigenvalue weighted by molar-refractivity contribution is 0.383. The first kappa shape index (κ1) is 13.3. The second-order valence-electron chi connectivity index (χ2n) is 5.91. The van der Waals surface area contributed by atoms with Gasteiger partial charge in [-0.05, 0) is 24.7 Å². The molecule has 0 unspecified atom stereocenters. The average Bonchev–Trinajstić information content (AvgIpc) is 2.87. The lowest BCUT2D eigenvalue weighted by atomic mass is 9.94. The van der Waals surface area contributed by atoms with Crippen LogP contribution in [-0.2, 0) is 10.1 Å². The molecule has 2 aliphatic rings. The first-order valence-electron chi connectivity index (χ1n) is 7.02. The molecule has 100 valence electrons. The molecule has 2 fully saturated rings. The summed E-state index contributed by atoms with van der Waals surface area (Å²) in [5.41, 5.74) is 0. The molecule has 2 aliphatic carbocycles. The highest BCUT2D eigenvalue weighted by atomic mass is 32.2. The monoisotopic (exact) mass is 260 g/mol. The zero-order chi connectivity index (χ0) is 12.3. The van der Waals surface area contributed by atoms with Crippen molar-refractivity contribution in [2.24, 2.45) is 11.8 Å². The second kappa shape index (κ2) is 5.70. The van der Waals surface area contributed by atoms with Crippen molar-refractivity contribution in [3.8, 4) is 0 Å². The molecule has 0 heterocycles. The Balaban J connectivity index is 1.92. The minimum absolute atomic E-state index is 0.492. The Kier molecular flexibility index (Phi) is 4.47. The Morgan fingerprint density at radius 3 is 1.53 bits per heavy atom. The van der Waals surface area contributed by atoms with E-state index in [0.29, 0.717) is 24.7 Å². The minimum atomic E-state index is -3.84. The summed E-state index contributed by atoms with van der Waals surface area (Å²) in [6, 6.07) is 0. The maximum absolute atomic E-state index is 11.5. The molecular formula is C13H24O3S. The molecule has 0 amide bonds. The third kappa shape index (κ3) is 3.95. The predicted octanol–water partition coefficient (Wildman–Crippen LogP) is 3.40. The van der Waals surface area contributed by atoms with Gasteiger partial charge in [-0.25, -0.2) is 0 Å². The molecule has 0 atom stereocenters. The molecule has 0 saturated heterocycles. The van der Waals surface area contributed by atoms with Crippen LogP contribution in [0, 0.1) is 11.8 Å². The molecule has 3 nitrogen and oxygen atoms in total. The van der Waals surface area contributed by atoms with Crippen LogP contribution in [0.5, 0.6) is 0 Å². The first-order chi connectivity index (χ1) is 8.05. The largest absolute Gasteiger partial charge is 0.285 e. The van der Waals surface area contributed by atoms with E-state index in [1.54, 1.807) is 0 Å². The summed E-state index contributed by atoms with van der Waals surface area (Å²) >= 11 is 0. The molecule has 0 spiro atoms. The highest BCUT2D eigenvalue weighted by Crippen LogP contribution is 2.35. The fraction of sp³-hybridized carbons (Fsp3) is 1.00. The smallest absolute Gasteiger partial charge is 0.267 e. The van der Waals surface area contributed by atoms with E-state index in [1.807, 2.05) is 0 Å². The van der Waals surface area contributed by atoms with Crippen LogP contribution in [0.2, 0.25) is 0 Å². The van der Waals surface area contributed by atoms with Gasteiger partial charge in [-0.2, -0.15) is 8.42 Å². The van der Waals surface area contributed by atoms with Crippen molar-refractivity contribution in [3.05, 3.63) is 0 Å². The van der Waals surface area contributed by atoms with Gasteiger partial charge in [0.1, 0.15) is 0 Å². The van der Waals surface area contributed by atoms with Crippen molar-refractivity contribution >= 4 is 10.1 Å². The Hall–Kier alpha value is -0.0900. The lowest BCUT2D eigenvalue weighted by Gasteiger charge is -2.20. The van der Waals surface area contributed by atoms with Gasteiger partial charge in [0.05, 0.1) is 5.25 Å². The van der Waals surface area contributed by atoms with Crippen LogP contribution < -0.4 is 0 Å². The summed E-state index contributed by atoms with van der Waals surface area (Å²) < 4.78 is 32.3. The quantitative estimate of drug-likeness (QED) is 0.771. The van der Waals surface area contributed by atoms with Crippen LogP contribution in [0.3, 0.4) is 0 Å². The van der Waals surface area contributed by atoms with Gasteiger partial charge in [0.25, 0.3) is 10.1 Å². The Labute approximate surface area is 105 Å². The summed E-state index contributed by atoms with van der Waals surface area (Å²) in [7, 11) is -3.84. The van der Waals surface area contributed by atoms with Gasteiger partial charge in [0, 0.05) is 0 Å². The fourth-order valence-corrected chi connectivity index (χ4v) is 4.61. The molecule has 0 aromatic rings.